The molecule has 2 rings (SSSR count). The molecule has 4 nitrogen and oxygen atoms in total. The second-order valence-electron chi connectivity index (χ2n) is 4.36. The lowest BCUT2D eigenvalue weighted by Crippen LogP contribution is -2.13. The molecule has 2 aromatic carbocycles. The fourth-order valence-electron chi connectivity index (χ4n) is 1.79. The molecular formula is C16H13BrN2O2. The van der Waals surface area contributed by atoms with Gasteiger partial charge in [0.2, 0.25) is 0 Å². The highest BCUT2D eigenvalue weighted by Crippen LogP contribution is 2.25. The van der Waals surface area contributed by atoms with Gasteiger partial charge in [0, 0.05) is 10.0 Å². The van der Waals surface area contributed by atoms with Crippen LogP contribution in [-0.2, 0) is 0 Å². The van der Waals surface area contributed by atoms with Gasteiger partial charge in [0.25, 0.3) is 5.91 Å². The Labute approximate surface area is 131 Å². The zero-order valence-corrected chi connectivity index (χ0v) is 13.0. The van der Waals surface area contributed by atoms with Crippen molar-refractivity contribution in [3.8, 4) is 11.8 Å². The molecule has 0 unspecified atom stereocenters. The van der Waals surface area contributed by atoms with Crippen LogP contribution in [0.1, 0.15) is 15.9 Å². The largest absolute Gasteiger partial charge is 0.477 e. The smallest absolute Gasteiger partial charge is 0.255 e. The molecule has 0 aliphatic carbocycles. The van der Waals surface area contributed by atoms with Gasteiger partial charge in [-0.05, 0) is 42.8 Å². The minimum atomic E-state index is -0.224. The predicted molar refractivity (Wildman–Crippen MR) is 84.4 cm³/mol. The molecule has 0 aromatic heterocycles. The number of nitriles is 1. The first-order valence-corrected chi connectivity index (χ1v) is 7.07. The maximum Gasteiger partial charge on any atom is 0.255 e. The molecule has 1 N–H and O–H groups in total. The quantitative estimate of drug-likeness (QED) is 0.914. The number of halogens is 1. The molecule has 0 spiro atoms. The third-order valence-electron chi connectivity index (χ3n) is 2.85. The minimum absolute atomic E-state index is 0.0652. The second kappa shape index (κ2) is 6.91. The van der Waals surface area contributed by atoms with E-state index in [-0.39, 0.29) is 12.5 Å². The summed E-state index contributed by atoms with van der Waals surface area (Å²) in [6.45, 7) is 1.86. The molecule has 1 amide bonds. The summed E-state index contributed by atoms with van der Waals surface area (Å²) in [6, 6.07) is 14.3. The Hall–Kier alpha value is -2.32. The van der Waals surface area contributed by atoms with E-state index < -0.39 is 0 Å². The number of nitrogens with one attached hydrogen (secondary N) is 1. The summed E-state index contributed by atoms with van der Waals surface area (Å²) >= 11 is 3.40. The highest BCUT2D eigenvalue weighted by atomic mass is 79.9. The molecule has 0 aliphatic rings. The number of aryl methyl sites for hydroxylation is 1. The third kappa shape index (κ3) is 3.83. The number of ether oxygens (including phenoxy) is 1. The number of hydrogen-bond acceptors (Lipinski definition) is 3. The number of amides is 1. The first-order chi connectivity index (χ1) is 10.1. The number of para-hydroxylation sites is 2. The molecule has 0 saturated carbocycles. The lowest BCUT2D eigenvalue weighted by atomic mass is 10.1. The van der Waals surface area contributed by atoms with Gasteiger partial charge in [-0.15, -0.1) is 0 Å². The Balaban J connectivity index is 2.19. The van der Waals surface area contributed by atoms with Crippen LogP contribution in [0.2, 0.25) is 0 Å². The summed E-state index contributed by atoms with van der Waals surface area (Å²) in [6.07, 6.45) is 0. The monoisotopic (exact) mass is 344 g/mol. The lowest BCUT2D eigenvalue weighted by Gasteiger charge is -2.11. The van der Waals surface area contributed by atoms with Crippen molar-refractivity contribution in [1.82, 2.24) is 0 Å². The maximum atomic E-state index is 12.3. The zero-order valence-electron chi connectivity index (χ0n) is 11.4. The van der Waals surface area contributed by atoms with Gasteiger partial charge in [0.05, 0.1) is 5.69 Å². The number of carbonyl (C=O) groups excluding carboxylic acids is 1. The van der Waals surface area contributed by atoms with Crippen molar-refractivity contribution in [3.05, 3.63) is 58.1 Å². The van der Waals surface area contributed by atoms with Crippen molar-refractivity contribution < 1.29 is 9.53 Å². The van der Waals surface area contributed by atoms with Gasteiger partial charge in [0.1, 0.15) is 11.8 Å². The highest BCUT2D eigenvalue weighted by molar-refractivity contribution is 9.10. The fourth-order valence-corrected chi connectivity index (χ4v) is 2.03. The topological polar surface area (TPSA) is 62.1 Å². The summed E-state index contributed by atoms with van der Waals surface area (Å²) in [4.78, 5) is 12.3. The van der Waals surface area contributed by atoms with Gasteiger partial charge >= 0.3 is 0 Å². The number of anilines is 1. The van der Waals surface area contributed by atoms with E-state index in [4.69, 9.17) is 10.00 Å². The van der Waals surface area contributed by atoms with Crippen LogP contribution in [0.3, 0.4) is 0 Å². The minimum Gasteiger partial charge on any atom is -0.477 e. The van der Waals surface area contributed by atoms with Crippen molar-refractivity contribution in [3.63, 3.8) is 0 Å². The maximum absolute atomic E-state index is 12.3. The Bertz CT molecular complexity index is 708. The van der Waals surface area contributed by atoms with E-state index >= 15 is 0 Å². The molecule has 2 aromatic rings. The SMILES string of the molecule is Cc1cc(C(=O)Nc2ccccc2OCC#N)ccc1Br. The molecule has 0 aliphatic heterocycles. The molecule has 5 heteroatoms. The molecule has 0 saturated heterocycles. The summed E-state index contributed by atoms with van der Waals surface area (Å²) in [5, 5.41) is 11.4. The molecule has 0 fully saturated rings. The van der Waals surface area contributed by atoms with Gasteiger partial charge in [-0.25, -0.2) is 0 Å². The van der Waals surface area contributed by atoms with Gasteiger partial charge in [0.15, 0.2) is 6.61 Å². The molecule has 21 heavy (non-hydrogen) atoms. The number of carbonyl (C=O) groups is 1. The van der Waals surface area contributed by atoms with Gasteiger partial charge in [-0.1, -0.05) is 28.1 Å². The van der Waals surface area contributed by atoms with Crippen LogP contribution in [0, 0.1) is 18.3 Å². The lowest BCUT2D eigenvalue weighted by molar-refractivity contribution is 0.102. The van der Waals surface area contributed by atoms with E-state index in [1.54, 1.807) is 36.4 Å². The Morgan fingerprint density at radius 2 is 2.10 bits per heavy atom. The Morgan fingerprint density at radius 1 is 1.33 bits per heavy atom. The highest BCUT2D eigenvalue weighted by Gasteiger charge is 2.10. The van der Waals surface area contributed by atoms with Gasteiger partial charge < -0.3 is 10.1 Å². The van der Waals surface area contributed by atoms with Crippen molar-refractivity contribution in [2.75, 3.05) is 11.9 Å². The van der Waals surface area contributed by atoms with Crippen molar-refractivity contribution in [1.29, 1.82) is 5.26 Å². The third-order valence-corrected chi connectivity index (χ3v) is 3.74. The van der Waals surface area contributed by atoms with Crippen molar-refractivity contribution >= 4 is 27.5 Å². The van der Waals surface area contributed by atoms with Crippen molar-refractivity contribution in [2.24, 2.45) is 0 Å². The van der Waals surface area contributed by atoms with Crippen LogP contribution in [0.25, 0.3) is 0 Å². The molecular weight excluding hydrogens is 332 g/mol. The normalized spacial score (nSPS) is 9.76. The standard InChI is InChI=1S/C16H13BrN2O2/c1-11-10-12(6-7-13(11)17)16(20)19-14-4-2-3-5-15(14)21-9-8-18/h2-7,10H,9H2,1H3,(H,19,20). The number of rotatable bonds is 4. The molecule has 0 heterocycles. The van der Waals surface area contributed by atoms with E-state index in [0.29, 0.717) is 17.0 Å². The van der Waals surface area contributed by atoms with Gasteiger partial charge in [-0.3, -0.25) is 4.79 Å². The Morgan fingerprint density at radius 3 is 2.81 bits per heavy atom. The van der Waals surface area contributed by atoms with E-state index in [9.17, 15) is 4.79 Å². The number of hydrogen-bond donors (Lipinski definition) is 1. The predicted octanol–water partition coefficient (Wildman–Crippen LogP) is 3.91. The molecule has 0 bridgehead atoms. The van der Waals surface area contributed by atoms with Crippen LogP contribution < -0.4 is 10.1 Å². The van der Waals surface area contributed by atoms with Crippen LogP contribution >= 0.6 is 15.9 Å². The van der Waals surface area contributed by atoms with Crippen LogP contribution in [0.5, 0.6) is 5.75 Å². The van der Waals surface area contributed by atoms with E-state index in [1.165, 1.54) is 0 Å². The first-order valence-electron chi connectivity index (χ1n) is 6.28. The van der Waals surface area contributed by atoms with Crippen LogP contribution in [-0.4, -0.2) is 12.5 Å². The van der Waals surface area contributed by atoms with E-state index in [0.717, 1.165) is 10.0 Å². The van der Waals surface area contributed by atoms with E-state index in [2.05, 4.69) is 21.2 Å². The van der Waals surface area contributed by atoms with Gasteiger partial charge in [-0.2, -0.15) is 5.26 Å². The summed E-state index contributed by atoms with van der Waals surface area (Å²) < 4.78 is 6.24. The number of benzene rings is 2. The first kappa shape index (κ1) is 15.1. The Kier molecular flexibility index (Phi) is 4.96. The molecule has 106 valence electrons. The average molecular weight is 345 g/mol. The summed E-state index contributed by atoms with van der Waals surface area (Å²) in [5.41, 5.74) is 2.08. The molecule has 0 atom stereocenters. The number of nitrogens with zero attached hydrogens (tertiary/aromatic N) is 1. The average Bonchev–Trinajstić information content (AvgIpc) is 2.49. The second-order valence-corrected chi connectivity index (χ2v) is 5.22. The van der Waals surface area contributed by atoms with E-state index in [1.807, 2.05) is 19.1 Å². The van der Waals surface area contributed by atoms with Crippen LogP contribution in [0.4, 0.5) is 5.69 Å². The fraction of sp³-hybridized carbons (Fsp3) is 0.125. The van der Waals surface area contributed by atoms with Crippen molar-refractivity contribution in [2.45, 2.75) is 6.92 Å². The summed E-state index contributed by atoms with van der Waals surface area (Å²) in [7, 11) is 0. The summed E-state index contributed by atoms with van der Waals surface area (Å²) in [5.74, 6) is 0.250. The molecule has 0 radical (unpaired) electrons. The van der Waals surface area contributed by atoms with Crippen LogP contribution in [0.15, 0.2) is 46.9 Å². The zero-order chi connectivity index (χ0) is 15.2.